The highest BCUT2D eigenvalue weighted by Crippen LogP contribution is 2.18. The van der Waals surface area contributed by atoms with E-state index in [0.29, 0.717) is 19.4 Å². The fourth-order valence-corrected chi connectivity index (χ4v) is 2.15. The van der Waals surface area contributed by atoms with Crippen molar-refractivity contribution >= 4 is 18.8 Å². The van der Waals surface area contributed by atoms with Crippen molar-refractivity contribution in [1.82, 2.24) is 13.9 Å². The van der Waals surface area contributed by atoms with Crippen molar-refractivity contribution in [3.63, 3.8) is 0 Å². The van der Waals surface area contributed by atoms with E-state index in [4.69, 9.17) is 5.11 Å². The third kappa shape index (κ3) is 1.86. The molecule has 1 atom stereocenters. The zero-order valence-corrected chi connectivity index (χ0v) is 9.67. The van der Waals surface area contributed by atoms with E-state index in [1.54, 1.807) is 0 Å². The third-order valence-corrected chi connectivity index (χ3v) is 2.89. The van der Waals surface area contributed by atoms with Crippen LogP contribution in [0.4, 0.5) is 4.79 Å². The average Bonchev–Trinajstić information content (AvgIpc) is 2.52. The number of ether oxygens (including phenoxy) is 1. The number of hydrogen-bond acceptors (Lipinski definition) is 5. The van der Waals surface area contributed by atoms with Gasteiger partial charge in [-0.05, 0) is 6.42 Å². The lowest BCUT2D eigenvalue weighted by Gasteiger charge is -2.23. The molecule has 17 heavy (non-hydrogen) atoms. The molecule has 0 radical (unpaired) electrons. The molecule has 1 unspecified atom stereocenters. The molecule has 9 heteroatoms. The largest absolute Gasteiger partial charge is 0.507 e. The molecule has 1 aromatic heterocycles. The Kier molecular flexibility index (Phi) is 3.01. The minimum Gasteiger partial charge on any atom is -0.450 e. The topological polar surface area (TPSA) is 95.5 Å². The molecule has 0 saturated carbocycles. The van der Waals surface area contributed by atoms with E-state index in [0.717, 1.165) is 9.25 Å². The molecule has 0 aromatic carbocycles. The van der Waals surface area contributed by atoms with E-state index >= 15 is 0 Å². The average molecular weight is 261 g/mol. The molecule has 8 nitrogen and oxygen atoms in total. The normalized spacial score (nSPS) is 18.8. The summed E-state index contributed by atoms with van der Waals surface area (Å²) in [6.07, 6.45) is -1.46. The Bertz CT molecular complexity index is 556. The summed E-state index contributed by atoms with van der Waals surface area (Å²) in [5.41, 5.74) is -1.10. The van der Waals surface area contributed by atoms with Gasteiger partial charge in [0.05, 0.1) is 5.88 Å². The first kappa shape index (κ1) is 11.8. The lowest BCUT2D eigenvalue weighted by atomic mass is 10.2. The van der Waals surface area contributed by atoms with E-state index in [-0.39, 0.29) is 5.88 Å². The quantitative estimate of drug-likeness (QED) is 0.562. The summed E-state index contributed by atoms with van der Waals surface area (Å²) in [5.74, 6) is -0.0511. The highest BCUT2D eigenvalue weighted by atomic mass is 32.1. The minimum absolute atomic E-state index is 0.0511. The second kappa shape index (κ2) is 4.32. The van der Waals surface area contributed by atoms with E-state index < -0.39 is 23.8 Å². The summed E-state index contributed by atoms with van der Waals surface area (Å²) < 4.78 is 7.74. The van der Waals surface area contributed by atoms with Crippen LogP contribution in [0, 0.1) is 0 Å². The Balaban J connectivity index is 2.55. The van der Waals surface area contributed by atoms with E-state index in [1.165, 1.54) is 4.68 Å². The second-order valence-electron chi connectivity index (χ2n) is 3.58. The predicted molar refractivity (Wildman–Crippen MR) is 59.3 cm³/mol. The Hall–Kier alpha value is -1.64. The number of fused-ring (bicyclic) bond motifs is 1. The number of thiol groups is 1. The van der Waals surface area contributed by atoms with Crippen LogP contribution in [0.5, 0.6) is 0 Å². The molecular formula is C8H11N3O5S. The van der Waals surface area contributed by atoms with Gasteiger partial charge in [0, 0.05) is 13.0 Å². The number of nitrogens with zero attached hydrogens (tertiary/aromatic N) is 3. The molecule has 1 aliphatic rings. The number of hydrogen-bond donors (Lipinski definition) is 2. The number of rotatable bonds is 2. The van der Waals surface area contributed by atoms with Crippen LogP contribution >= 0.6 is 12.6 Å². The van der Waals surface area contributed by atoms with E-state index in [2.05, 4.69) is 17.4 Å². The Morgan fingerprint density at radius 1 is 1.47 bits per heavy atom. The standard InChI is InChI=1S/C8H11N3O5S/c12-6-9(4-17)7(13)11-5(16-8(14)15)2-1-3-10(6)11/h5,17H,1-4H2,(H,14,15). The summed E-state index contributed by atoms with van der Waals surface area (Å²) in [4.78, 5) is 34.1. The van der Waals surface area contributed by atoms with Crippen LogP contribution in [0.3, 0.4) is 0 Å². The van der Waals surface area contributed by atoms with E-state index in [1.807, 2.05) is 0 Å². The molecule has 0 spiro atoms. The highest BCUT2D eigenvalue weighted by molar-refractivity contribution is 7.79. The van der Waals surface area contributed by atoms with Gasteiger partial charge in [0.2, 0.25) is 6.23 Å². The van der Waals surface area contributed by atoms with Crippen LogP contribution < -0.4 is 11.4 Å². The van der Waals surface area contributed by atoms with Gasteiger partial charge in [-0.2, -0.15) is 17.3 Å². The van der Waals surface area contributed by atoms with Crippen molar-refractivity contribution < 1.29 is 14.6 Å². The van der Waals surface area contributed by atoms with Gasteiger partial charge in [-0.15, -0.1) is 0 Å². The monoisotopic (exact) mass is 261 g/mol. The second-order valence-corrected chi connectivity index (χ2v) is 3.87. The van der Waals surface area contributed by atoms with Gasteiger partial charge in [0.15, 0.2) is 0 Å². The van der Waals surface area contributed by atoms with Gasteiger partial charge >= 0.3 is 17.5 Å². The Morgan fingerprint density at radius 2 is 2.18 bits per heavy atom. The lowest BCUT2D eigenvalue weighted by molar-refractivity contribution is -0.0154. The molecule has 0 saturated heterocycles. The Morgan fingerprint density at radius 3 is 2.76 bits per heavy atom. The Labute approximate surface area is 100 Å². The molecule has 1 aliphatic heterocycles. The van der Waals surface area contributed by atoms with Gasteiger partial charge in [-0.3, -0.25) is 0 Å². The van der Waals surface area contributed by atoms with Crippen molar-refractivity contribution in [1.29, 1.82) is 0 Å². The van der Waals surface area contributed by atoms with Gasteiger partial charge in [0.1, 0.15) is 0 Å². The molecule has 0 aliphatic carbocycles. The number of aromatic nitrogens is 3. The van der Waals surface area contributed by atoms with Crippen LogP contribution in [0.2, 0.25) is 0 Å². The first-order chi connectivity index (χ1) is 8.06. The summed E-state index contributed by atoms with van der Waals surface area (Å²) in [6.45, 7) is 0.369. The van der Waals surface area contributed by atoms with Gasteiger partial charge in [0.25, 0.3) is 0 Å². The SMILES string of the molecule is O=C(O)OC1CCCn2c(=O)n(CS)c(=O)n21. The number of carboxylic acid groups (broad SMARTS) is 1. The van der Waals surface area contributed by atoms with Crippen molar-refractivity contribution in [3.05, 3.63) is 21.0 Å². The summed E-state index contributed by atoms with van der Waals surface area (Å²) in [6, 6.07) is 0. The van der Waals surface area contributed by atoms with Gasteiger partial charge in [-0.25, -0.2) is 23.6 Å². The van der Waals surface area contributed by atoms with Gasteiger partial charge < -0.3 is 9.84 Å². The van der Waals surface area contributed by atoms with Crippen LogP contribution in [-0.2, 0) is 17.2 Å². The third-order valence-electron chi connectivity index (χ3n) is 2.61. The van der Waals surface area contributed by atoms with Crippen molar-refractivity contribution in [2.75, 3.05) is 0 Å². The minimum atomic E-state index is -1.47. The predicted octanol–water partition coefficient (Wildman–Crippen LogP) is -0.314. The van der Waals surface area contributed by atoms with Crippen LogP contribution in [-0.4, -0.2) is 25.2 Å². The highest BCUT2D eigenvalue weighted by Gasteiger charge is 2.28. The molecule has 2 rings (SSSR count). The fourth-order valence-electron chi connectivity index (χ4n) is 1.91. The van der Waals surface area contributed by atoms with E-state index in [9.17, 15) is 14.4 Å². The fraction of sp³-hybridized carbons (Fsp3) is 0.625. The van der Waals surface area contributed by atoms with Crippen LogP contribution in [0.25, 0.3) is 0 Å². The zero-order valence-electron chi connectivity index (χ0n) is 8.77. The summed E-state index contributed by atoms with van der Waals surface area (Å²) >= 11 is 3.89. The first-order valence-corrected chi connectivity index (χ1v) is 5.62. The molecule has 0 fully saturated rings. The smallest absolute Gasteiger partial charge is 0.450 e. The number of carbonyl (C=O) groups is 1. The summed E-state index contributed by atoms with van der Waals surface area (Å²) in [7, 11) is 0. The molecule has 1 N–H and O–H groups in total. The van der Waals surface area contributed by atoms with Crippen LogP contribution in [0.15, 0.2) is 9.59 Å². The maximum absolute atomic E-state index is 11.8. The van der Waals surface area contributed by atoms with Gasteiger partial charge in [-0.1, -0.05) is 0 Å². The molecular weight excluding hydrogens is 250 g/mol. The maximum Gasteiger partial charge on any atom is 0.507 e. The van der Waals surface area contributed by atoms with Crippen molar-refractivity contribution in [2.45, 2.75) is 31.5 Å². The van der Waals surface area contributed by atoms with Crippen LogP contribution in [0.1, 0.15) is 19.1 Å². The zero-order chi connectivity index (χ0) is 12.6. The lowest BCUT2D eigenvalue weighted by Crippen LogP contribution is -2.36. The molecule has 94 valence electrons. The maximum atomic E-state index is 11.8. The summed E-state index contributed by atoms with van der Waals surface area (Å²) in [5, 5.41) is 8.57. The first-order valence-electron chi connectivity index (χ1n) is 4.99. The molecule has 1 aromatic rings. The molecule has 0 amide bonds. The van der Waals surface area contributed by atoms with Crippen molar-refractivity contribution in [2.24, 2.45) is 0 Å². The van der Waals surface area contributed by atoms with Crippen molar-refractivity contribution in [3.8, 4) is 0 Å². The molecule has 2 heterocycles. The molecule has 0 bridgehead atoms.